The van der Waals surface area contributed by atoms with Gasteiger partial charge in [-0.2, -0.15) is 0 Å². The second-order valence-corrected chi connectivity index (χ2v) is 6.15. The van der Waals surface area contributed by atoms with E-state index < -0.39 is 5.97 Å². The van der Waals surface area contributed by atoms with E-state index >= 15 is 0 Å². The maximum atomic E-state index is 12.5. The fourth-order valence-electron chi connectivity index (χ4n) is 3.54. The molecule has 1 heterocycles. The van der Waals surface area contributed by atoms with Crippen LogP contribution in [0.25, 0.3) is 0 Å². The van der Waals surface area contributed by atoms with Gasteiger partial charge in [-0.25, -0.2) is 4.79 Å². The van der Waals surface area contributed by atoms with Crippen molar-refractivity contribution in [3.63, 3.8) is 0 Å². The largest absolute Gasteiger partial charge is 0.478 e. The number of carboxylic acids is 1. The third-order valence-corrected chi connectivity index (χ3v) is 4.71. The molecule has 0 aromatic heterocycles. The van der Waals surface area contributed by atoms with Gasteiger partial charge in [-0.3, -0.25) is 4.79 Å². The SMILES string of the molecule is O=C(O)c1ccc2c(c1)CCN2C(=O)CC1CCCCC1. The summed E-state index contributed by atoms with van der Waals surface area (Å²) in [6.45, 7) is 0.684. The van der Waals surface area contributed by atoms with Crippen LogP contribution in [0.1, 0.15) is 54.4 Å². The van der Waals surface area contributed by atoms with Gasteiger partial charge in [0.15, 0.2) is 0 Å². The molecule has 2 aliphatic rings. The molecule has 1 aliphatic carbocycles. The summed E-state index contributed by atoms with van der Waals surface area (Å²) in [5.74, 6) is -0.179. The van der Waals surface area contributed by atoms with E-state index in [4.69, 9.17) is 5.11 Å². The van der Waals surface area contributed by atoms with Gasteiger partial charge in [-0.05, 0) is 48.9 Å². The van der Waals surface area contributed by atoms with E-state index in [2.05, 4.69) is 0 Å². The lowest BCUT2D eigenvalue weighted by Crippen LogP contribution is -2.31. The third kappa shape index (κ3) is 2.94. The van der Waals surface area contributed by atoms with Crippen molar-refractivity contribution >= 4 is 17.6 Å². The van der Waals surface area contributed by atoms with E-state index in [1.807, 2.05) is 4.90 Å². The third-order valence-electron chi connectivity index (χ3n) is 4.71. The Hall–Kier alpha value is -1.84. The van der Waals surface area contributed by atoms with Crippen molar-refractivity contribution in [1.29, 1.82) is 0 Å². The minimum absolute atomic E-state index is 0.198. The number of hydrogen-bond acceptors (Lipinski definition) is 2. The molecule has 0 saturated heterocycles. The predicted molar refractivity (Wildman–Crippen MR) is 80.7 cm³/mol. The first kappa shape index (κ1) is 14.1. The van der Waals surface area contributed by atoms with E-state index in [-0.39, 0.29) is 5.91 Å². The van der Waals surface area contributed by atoms with Crippen molar-refractivity contribution in [3.05, 3.63) is 29.3 Å². The molecule has 1 N–H and O–H groups in total. The van der Waals surface area contributed by atoms with E-state index in [9.17, 15) is 9.59 Å². The lowest BCUT2D eigenvalue weighted by atomic mass is 9.86. The van der Waals surface area contributed by atoms with E-state index in [1.165, 1.54) is 32.1 Å². The molecule has 0 unspecified atom stereocenters. The normalized spacial score (nSPS) is 18.6. The average Bonchev–Trinajstić information content (AvgIpc) is 2.91. The second-order valence-electron chi connectivity index (χ2n) is 6.15. The summed E-state index contributed by atoms with van der Waals surface area (Å²) in [7, 11) is 0. The predicted octanol–water partition coefficient (Wildman–Crippen LogP) is 3.24. The number of carbonyl (C=O) groups excluding carboxylic acids is 1. The van der Waals surface area contributed by atoms with Crippen LogP contribution in [-0.2, 0) is 11.2 Å². The van der Waals surface area contributed by atoms with Crippen LogP contribution in [0, 0.1) is 5.92 Å². The van der Waals surface area contributed by atoms with Gasteiger partial charge in [-0.1, -0.05) is 19.3 Å². The molecule has 3 rings (SSSR count). The lowest BCUT2D eigenvalue weighted by Gasteiger charge is -2.24. The van der Waals surface area contributed by atoms with E-state index in [1.54, 1.807) is 18.2 Å². The van der Waals surface area contributed by atoms with Gasteiger partial charge in [0.05, 0.1) is 5.56 Å². The number of anilines is 1. The van der Waals surface area contributed by atoms with Crippen LogP contribution in [0.15, 0.2) is 18.2 Å². The number of carboxylic acid groups (broad SMARTS) is 1. The fourth-order valence-corrected chi connectivity index (χ4v) is 3.54. The van der Waals surface area contributed by atoms with Gasteiger partial charge in [0.1, 0.15) is 0 Å². The first-order chi connectivity index (χ1) is 10.1. The molecule has 0 bridgehead atoms. The molecule has 21 heavy (non-hydrogen) atoms. The molecule has 1 aliphatic heterocycles. The van der Waals surface area contributed by atoms with Crippen molar-refractivity contribution in [2.75, 3.05) is 11.4 Å². The van der Waals surface area contributed by atoms with Crippen molar-refractivity contribution in [2.45, 2.75) is 44.9 Å². The smallest absolute Gasteiger partial charge is 0.335 e. The van der Waals surface area contributed by atoms with Crippen molar-refractivity contribution in [3.8, 4) is 0 Å². The highest BCUT2D eigenvalue weighted by atomic mass is 16.4. The van der Waals surface area contributed by atoms with E-state index in [0.717, 1.165) is 17.7 Å². The maximum Gasteiger partial charge on any atom is 0.335 e. The average molecular weight is 287 g/mol. The van der Waals surface area contributed by atoms with Gasteiger partial charge >= 0.3 is 5.97 Å². The highest BCUT2D eigenvalue weighted by Crippen LogP contribution is 2.32. The molecular formula is C17H21NO3. The number of nitrogens with zero attached hydrogens (tertiary/aromatic N) is 1. The Morgan fingerprint density at radius 2 is 1.95 bits per heavy atom. The zero-order valence-corrected chi connectivity index (χ0v) is 12.2. The number of hydrogen-bond donors (Lipinski definition) is 1. The Kier molecular flexibility index (Phi) is 3.95. The maximum absolute atomic E-state index is 12.5. The summed E-state index contributed by atoms with van der Waals surface area (Å²) >= 11 is 0. The van der Waals surface area contributed by atoms with Gasteiger partial charge in [0, 0.05) is 18.7 Å². The molecule has 112 valence electrons. The molecule has 0 atom stereocenters. The number of carbonyl (C=O) groups is 2. The number of benzene rings is 1. The van der Waals surface area contributed by atoms with Crippen molar-refractivity contribution in [2.24, 2.45) is 5.92 Å². The topological polar surface area (TPSA) is 57.6 Å². The lowest BCUT2D eigenvalue weighted by molar-refractivity contribution is -0.119. The molecule has 0 spiro atoms. The van der Waals surface area contributed by atoms with Crippen LogP contribution in [0.3, 0.4) is 0 Å². The van der Waals surface area contributed by atoms with Crippen molar-refractivity contribution in [1.82, 2.24) is 0 Å². The van der Waals surface area contributed by atoms with Crippen LogP contribution < -0.4 is 4.90 Å². The summed E-state index contributed by atoms with van der Waals surface area (Å²) in [5, 5.41) is 9.03. The Balaban J connectivity index is 1.71. The fraction of sp³-hybridized carbons (Fsp3) is 0.529. The Morgan fingerprint density at radius 1 is 1.19 bits per heavy atom. The van der Waals surface area contributed by atoms with Crippen LogP contribution in [-0.4, -0.2) is 23.5 Å². The summed E-state index contributed by atoms with van der Waals surface area (Å²) < 4.78 is 0. The van der Waals surface area contributed by atoms with Crippen LogP contribution in [0.2, 0.25) is 0 Å². The summed E-state index contributed by atoms with van der Waals surface area (Å²) in [4.78, 5) is 25.3. The van der Waals surface area contributed by atoms with Gasteiger partial charge in [0.25, 0.3) is 0 Å². The first-order valence-electron chi connectivity index (χ1n) is 7.82. The number of aromatic carboxylic acids is 1. The minimum Gasteiger partial charge on any atom is -0.478 e. The zero-order chi connectivity index (χ0) is 14.8. The standard InChI is InChI=1S/C17H21NO3/c19-16(10-12-4-2-1-3-5-12)18-9-8-13-11-14(17(20)21)6-7-15(13)18/h6-7,11-12H,1-5,8-10H2,(H,20,21). The van der Waals surface area contributed by atoms with E-state index in [0.29, 0.717) is 24.4 Å². The second kappa shape index (κ2) is 5.88. The Bertz CT molecular complexity index is 561. The summed E-state index contributed by atoms with van der Waals surface area (Å²) in [5.41, 5.74) is 2.18. The Labute approximate surface area is 124 Å². The van der Waals surface area contributed by atoms with Crippen LogP contribution in [0.5, 0.6) is 0 Å². The molecule has 4 nitrogen and oxygen atoms in total. The molecule has 1 aromatic rings. The minimum atomic E-state index is -0.912. The number of fused-ring (bicyclic) bond motifs is 1. The molecule has 4 heteroatoms. The van der Waals surface area contributed by atoms with Gasteiger partial charge in [-0.15, -0.1) is 0 Å². The van der Waals surface area contributed by atoms with Gasteiger partial charge in [0.2, 0.25) is 5.91 Å². The molecular weight excluding hydrogens is 266 g/mol. The summed E-state index contributed by atoms with van der Waals surface area (Å²) in [6.07, 6.45) is 7.53. The quantitative estimate of drug-likeness (QED) is 0.928. The highest BCUT2D eigenvalue weighted by molar-refractivity contribution is 5.97. The molecule has 1 saturated carbocycles. The summed E-state index contributed by atoms with van der Waals surface area (Å²) in [6, 6.07) is 5.07. The molecule has 1 amide bonds. The highest BCUT2D eigenvalue weighted by Gasteiger charge is 2.27. The first-order valence-corrected chi connectivity index (χ1v) is 7.82. The zero-order valence-electron chi connectivity index (χ0n) is 12.2. The Morgan fingerprint density at radius 3 is 2.67 bits per heavy atom. The van der Waals surface area contributed by atoms with Gasteiger partial charge < -0.3 is 10.0 Å². The molecule has 1 fully saturated rings. The molecule has 0 radical (unpaired) electrons. The molecule has 1 aromatic carbocycles. The number of rotatable bonds is 3. The van der Waals surface area contributed by atoms with Crippen LogP contribution >= 0.6 is 0 Å². The number of amides is 1. The van der Waals surface area contributed by atoms with Crippen LogP contribution in [0.4, 0.5) is 5.69 Å². The monoisotopic (exact) mass is 287 g/mol. The van der Waals surface area contributed by atoms with Crippen molar-refractivity contribution < 1.29 is 14.7 Å².